The molecule has 0 spiro atoms. The van der Waals surface area contributed by atoms with Crippen molar-refractivity contribution in [2.24, 2.45) is 7.05 Å². The van der Waals surface area contributed by atoms with Crippen LogP contribution in [0.1, 0.15) is 49.2 Å². The van der Waals surface area contributed by atoms with Gasteiger partial charge in [0.15, 0.2) is 5.69 Å². The van der Waals surface area contributed by atoms with Crippen LogP contribution in [0, 0.1) is 17.0 Å². The van der Waals surface area contributed by atoms with Crippen LogP contribution in [0.15, 0.2) is 23.1 Å². The first kappa shape index (κ1) is 22.7. The van der Waals surface area contributed by atoms with Crippen molar-refractivity contribution in [3.8, 4) is 11.6 Å². The quantitative estimate of drug-likeness (QED) is 0.440. The van der Waals surface area contributed by atoms with Crippen molar-refractivity contribution >= 4 is 21.6 Å². The summed E-state index contributed by atoms with van der Waals surface area (Å²) in [4.78, 5) is 22.7. The van der Waals surface area contributed by atoms with Crippen molar-refractivity contribution in [1.29, 1.82) is 0 Å². The molecule has 1 fully saturated rings. The second kappa shape index (κ2) is 8.63. The highest BCUT2D eigenvalue weighted by Gasteiger charge is 2.32. The van der Waals surface area contributed by atoms with E-state index >= 15 is 0 Å². The first-order chi connectivity index (χ1) is 14.5. The molecule has 11 nitrogen and oxygen atoms in total. The molecule has 3 rings (SSSR count). The van der Waals surface area contributed by atoms with E-state index in [0.717, 1.165) is 18.6 Å². The molecule has 168 valence electrons. The van der Waals surface area contributed by atoms with Crippen LogP contribution < -0.4 is 14.8 Å². The monoisotopic (exact) mass is 451 g/mol. The smallest absolute Gasteiger partial charge is 0.272 e. The molecule has 0 radical (unpaired) electrons. The summed E-state index contributed by atoms with van der Waals surface area (Å²) < 4.78 is 35.3. The van der Waals surface area contributed by atoms with Crippen LogP contribution in [0.4, 0.5) is 5.69 Å². The third kappa shape index (κ3) is 5.02. The van der Waals surface area contributed by atoms with Crippen molar-refractivity contribution in [2.75, 3.05) is 0 Å². The lowest BCUT2D eigenvalue weighted by atomic mass is 10.2. The standard InChI is InChI=1S/C19H25N5O6S/c1-5-11(2)20-18(25)17-12(3)19(23(4)21-17)30-15-9-8-14(24(26)27)10-16(15)31(28,29)22-13-6-7-13/h8-11,13,22H,5-7H2,1-4H3,(H,20,25). The number of nitrogens with one attached hydrogen (secondary N) is 2. The number of nitrogens with zero attached hydrogens (tertiary/aromatic N) is 3. The van der Waals surface area contributed by atoms with Crippen molar-refractivity contribution < 1.29 is 22.9 Å². The SMILES string of the molecule is CCC(C)NC(=O)c1nn(C)c(Oc2ccc([N+](=O)[O-])cc2S(=O)(=O)NC2CC2)c1C. The molecule has 1 aromatic heterocycles. The van der Waals surface area contributed by atoms with Gasteiger partial charge in [-0.15, -0.1) is 0 Å². The minimum Gasteiger partial charge on any atom is -0.438 e. The Kier molecular flexibility index (Phi) is 6.32. The largest absolute Gasteiger partial charge is 0.438 e. The molecule has 1 amide bonds. The van der Waals surface area contributed by atoms with Gasteiger partial charge in [0.05, 0.1) is 4.92 Å². The van der Waals surface area contributed by atoms with Crippen LogP contribution >= 0.6 is 0 Å². The third-order valence-electron chi connectivity index (χ3n) is 4.96. The number of amides is 1. The zero-order valence-corrected chi connectivity index (χ0v) is 18.5. The zero-order chi connectivity index (χ0) is 22.9. The van der Waals surface area contributed by atoms with E-state index in [1.54, 1.807) is 14.0 Å². The molecule has 0 bridgehead atoms. The number of sulfonamides is 1. The van der Waals surface area contributed by atoms with Gasteiger partial charge in [0.1, 0.15) is 10.6 Å². The fourth-order valence-corrected chi connectivity index (χ4v) is 4.31. The maximum absolute atomic E-state index is 12.8. The van der Waals surface area contributed by atoms with Gasteiger partial charge < -0.3 is 10.1 Å². The number of hydrogen-bond donors (Lipinski definition) is 2. The van der Waals surface area contributed by atoms with Gasteiger partial charge in [0.25, 0.3) is 11.6 Å². The van der Waals surface area contributed by atoms with Gasteiger partial charge in [-0.3, -0.25) is 14.9 Å². The minimum absolute atomic E-state index is 0.0433. The summed E-state index contributed by atoms with van der Waals surface area (Å²) in [6.45, 7) is 5.45. The Bertz CT molecular complexity index is 1120. The Balaban J connectivity index is 1.99. The average Bonchev–Trinajstić information content (AvgIpc) is 3.47. The second-order valence-corrected chi connectivity index (χ2v) is 9.25. The molecule has 12 heteroatoms. The Morgan fingerprint density at radius 1 is 1.42 bits per heavy atom. The molecule has 1 aromatic carbocycles. The lowest BCUT2D eigenvalue weighted by Crippen LogP contribution is -2.32. The molecule has 31 heavy (non-hydrogen) atoms. The Hall–Kier alpha value is -2.99. The van der Waals surface area contributed by atoms with Gasteiger partial charge in [-0.05, 0) is 39.2 Å². The van der Waals surface area contributed by atoms with Crippen molar-refractivity contribution in [2.45, 2.75) is 57.0 Å². The predicted octanol–water partition coefficient (Wildman–Crippen LogP) is 2.40. The van der Waals surface area contributed by atoms with E-state index in [1.807, 2.05) is 13.8 Å². The van der Waals surface area contributed by atoms with Gasteiger partial charge in [0.2, 0.25) is 15.9 Å². The van der Waals surface area contributed by atoms with Crippen LogP contribution in [-0.4, -0.2) is 41.1 Å². The number of ether oxygens (including phenoxy) is 1. The van der Waals surface area contributed by atoms with Crippen LogP contribution in [0.3, 0.4) is 0 Å². The molecular formula is C19H25N5O6S. The van der Waals surface area contributed by atoms with Crippen LogP contribution in [-0.2, 0) is 17.1 Å². The van der Waals surface area contributed by atoms with Gasteiger partial charge in [-0.1, -0.05) is 6.92 Å². The first-order valence-electron chi connectivity index (χ1n) is 9.86. The number of aromatic nitrogens is 2. The van der Waals surface area contributed by atoms with E-state index in [0.29, 0.717) is 18.4 Å². The summed E-state index contributed by atoms with van der Waals surface area (Å²) in [5.74, 6) is -0.311. The minimum atomic E-state index is -4.05. The molecule has 1 atom stereocenters. The van der Waals surface area contributed by atoms with E-state index in [1.165, 1.54) is 10.7 Å². The number of carbonyl (C=O) groups excluding carboxylic acids is 1. The van der Waals surface area contributed by atoms with Gasteiger partial charge in [-0.25, -0.2) is 17.8 Å². The number of nitro benzene ring substituents is 1. The Morgan fingerprint density at radius 2 is 2.10 bits per heavy atom. The fraction of sp³-hybridized carbons (Fsp3) is 0.474. The third-order valence-corrected chi connectivity index (χ3v) is 6.50. The van der Waals surface area contributed by atoms with Crippen LogP contribution in [0.25, 0.3) is 0 Å². The van der Waals surface area contributed by atoms with Crippen molar-refractivity contribution in [1.82, 2.24) is 19.8 Å². The number of non-ortho nitro benzene ring substituents is 1. The Labute approximate surface area is 180 Å². The number of hydrogen-bond acceptors (Lipinski definition) is 7. The normalized spacial score (nSPS) is 14.8. The van der Waals surface area contributed by atoms with E-state index < -0.39 is 14.9 Å². The summed E-state index contributed by atoms with van der Waals surface area (Å²) in [6, 6.07) is 3.12. The number of benzene rings is 1. The fourth-order valence-electron chi connectivity index (χ4n) is 2.86. The van der Waals surface area contributed by atoms with Gasteiger partial charge >= 0.3 is 0 Å². The van der Waals surface area contributed by atoms with Crippen molar-refractivity contribution in [3.05, 3.63) is 39.6 Å². The van der Waals surface area contributed by atoms with Gasteiger partial charge in [-0.2, -0.15) is 5.10 Å². The lowest BCUT2D eigenvalue weighted by Gasteiger charge is -2.13. The van der Waals surface area contributed by atoms with Crippen molar-refractivity contribution in [3.63, 3.8) is 0 Å². The summed E-state index contributed by atoms with van der Waals surface area (Å²) in [5.41, 5.74) is 0.194. The van der Waals surface area contributed by atoms with E-state index in [-0.39, 0.29) is 45.9 Å². The predicted molar refractivity (Wildman–Crippen MR) is 112 cm³/mol. The topological polar surface area (TPSA) is 145 Å². The zero-order valence-electron chi connectivity index (χ0n) is 17.7. The number of carbonyl (C=O) groups is 1. The van der Waals surface area contributed by atoms with E-state index in [9.17, 15) is 23.3 Å². The number of aryl methyl sites for hydroxylation is 1. The lowest BCUT2D eigenvalue weighted by molar-refractivity contribution is -0.385. The maximum Gasteiger partial charge on any atom is 0.272 e. The number of rotatable bonds is 9. The van der Waals surface area contributed by atoms with E-state index in [2.05, 4.69) is 15.1 Å². The second-order valence-electron chi connectivity index (χ2n) is 7.57. The van der Waals surface area contributed by atoms with E-state index in [4.69, 9.17) is 4.74 Å². The molecule has 1 heterocycles. The maximum atomic E-state index is 12.8. The number of nitro groups is 1. The molecule has 1 saturated carbocycles. The summed E-state index contributed by atoms with van der Waals surface area (Å²) in [7, 11) is -2.49. The van der Waals surface area contributed by atoms with Gasteiger partial charge in [0, 0.05) is 36.8 Å². The molecule has 0 saturated heterocycles. The molecule has 0 aliphatic heterocycles. The average molecular weight is 452 g/mol. The highest BCUT2D eigenvalue weighted by atomic mass is 32.2. The highest BCUT2D eigenvalue weighted by molar-refractivity contribution is 7.89. The first-order valence-corrected chi connectivity index (χ1v) is 11.3. The molecular weight excluding hydrogens is 426 g/mol. The molecule has 2 aromatic rings. The highest BCUT2D eigenvalue weighted by Crippen LogP contribution is 2.35. The molecule has 1 aliphatic carbocycles. The molecule has 1 unspecified atom stereocenters. The summed E-state index contributed by atoms with van der Waals surface area (Å²) in [6.07, 6.45) is 2.17. The summed E-state index contributed by atoms with van der Waals surface area (Å²) in [5, 5.41) is 18.2. The Morgan fingerprint density at radius 3 is 2.68 bits per heavy atom. The molecule has 2 N–H and O–H groups in total. The summed E-state index contributed by atoms with van der Waals surface area (Å²) >= 11 is 0. The molecule has 1 aliphatic rings. The van der Waals surface area contributed by atoms with Crippen LogP contribution in [0.5, 0.6) is 11.6 Å². The van der Waals surface area contributed by atoms with Crippen LogP contribution in [0.2, 0.25) is 0 Å².